The summed E-state index contributed by atoms with van der Waals surface area (Å²) in [5.41, 5.74) is 0. The second-order valence-electron chi connectivity index (χ2n) is 17.7. The van der Waals surface area contributed by atoms with Crippen molar-refractivity contribution in [1.29, 1.82) is 0 Å². The van der Waals surface area contributed by atoms with Gasteiger partial charge in [0.1, 0.15) is 13.2 Å². The lowest BCUT2D eigenvalue weighted by atomic mass is 10.1. The van der Waals surface area contributed by atoms with Crippen LogP contribution < -0.4 is 0 Å². The average molecular weight is 929 g/mol. The molecule has 0 saturated carbocycles. The molecule has 0 fully saturated rings. The van der Waals surface area contributed by atoms with Crippen LogP contribution in [0, 0.1) is 0 Å². The fourth-order valence-electron chi connectivity index (χ4n) is 7.18. The quantitative estimate of drug-likeness (QED) is 0.0262. The molecule has 0 heterocycles. The molecule has 0 saturated heterocycles. The van der Waals surface area contributed by atoms with Crippen molar-refractivity contribution < 1.29 is 28.6 Å². The van der Waals surface area contributed by atoms with Crippen LogP contribution in [0.4, 0.5) is 0 Å². The van der Waals surface area contributed by atoms with Gasteiger partial charge in [0.05, 0.1) is 0 Å². The number of hydrogen-bond acceptors (Lipinski definition) is 6. The SMILES string of the molecule is CC/C=C\C/C=C\C/C=C\C/C=C\C/C=C\CCCCCC(=O)OC[C@@H](COC(=O)CCCCCCC/C=C\CCCCCCCC)OC(=O)CCCCCCC/C=C\C/C=C\C/C=C\CC. The molecule has 0 aromatic carbocycles. The fraction of sp³-hybridized carbons (Fsp3) is 0.656. The molecule has 67 heavy (non-hydrogen) atoms. The highest BCUT2D eigenvalue weighted by Gasteiger charge is 2.19. The molecular weight excluding hydrogens is 829 g/mol. The molecule has 6 heteroatoms. The zero-order valence-corrected chi connectivity index (χ0v) is 43.4. The standard InChI is InChI=1S/C61H100O6/c1-4-7-10-13-16-19-22-25-28-29-30-31-34-36-39-42-45-48-51-54-60(63)66-57-58(67-61(64)55-52-49-46-43-40-37-33-27-24-21-18-15-12-9-6-3)56-65-59(62)53-50-47-44-41-38-35-32-26-23-20-17-14-11-8-5-2/h7,9-10,12,16,18-19,21,25-28,30-33,36,39,58H,4-6,8,11,13-15,17,20,22-24,29,34-35,37-38,40-57H2,1-3H3/b10-7-,12-9-,19-16-,21-18-,28-25-,31-30-,32-26-,33-27-,39-36-/t58-/m1/s1. The van der Waals surface area contributed by atoms with Gasteiger partial charge in [-0.15, -0.1) is 0 Å². The van der Waals surface area contributed by atoms with Crippen LogP contribution in [0.1, 0.15) is 239 Å². The largest absolute Gasteiger partial charge is 0.462 e. The van der Waals surface area contributed by atoms with Gasteiger partial charge in [0.2, 0.25) is 0 Å². The van der Waals surface area contributed by atoms with E-state index < -0.39 is 6.10 Å². The third-order valence-electron chi connectivity index (χ3n) is 11.2. The van der Waals surface area contributed by atoms with Gasteiger partial charge in [-0.25, -0.2) is 0 Å². The van der Waals surface area contributed by atoms with E-state index in [2.05, 4.69) is 130 Å². The highest BCUT2D eigenvalue weighted by molar-refractivity contribution is 5.71. The lowest BCUT2D eigenvalue weighted by Gasteiger charge is -2.18. The van der Waals surface area contributed by atoms with Crippen LogP contribution in [0.5, 0.6) is 0 Å². The summed E-state index contributed by atoms with van der Waals surface area (Å²) >= 11 is 0. The molecule has 0 aromatic rings. The second kappa shape index (κ2) is 54.7. The molecular formula is C61H100O6. The first kappa shape index (κ1) is 63.1. The summed E-state index contributed by atoms with van der Waals surface area (Å²) in [6, 6.07) is 0. The lowest BCUT2D eigenvalue weighted by molar-refractivity contribution is -0.167. The number of allylic oxidation sites excluding steroid dienone is 18. The van der Waals surface area contributed by atoms with Gasteiger partial charge in [-0.3, -0.25) is 14.4 Å². The summed E-state index contributed by atoms with van der Waals surface area (Å²) in [5, 5.41) is 0. The molecule has 0 bridgehead atoms. The van der Waals surface area contributed by atoms with E-state index in [1.807, 2.05) is 0 Å². The minimum Gasteiger partial charge on any atom is -0.462 e. The van der Waals surface area contributed by atoms with Crippen molar-refractivity contribution >= 4 is 17.9 Å². The van der Waals surface area contributed by atoms with Gasteiger partial charge in [0.15, 0.2) is 6.10 Å². The molecule has 0 N–H and O–H groups in total. The molecule has 0 radical (unpaired) electrons. The van der Waals surface area contributed by atoms with Crippen LogP contribution in [0.3, 0.4) is 0 Å². The van der Waals surface area contributed by atoms with E-state index in [-0.39, 0.29) is 31.1 Å². The summed E-state index contributed by atoms with van der Waals surface area (Å²) in [6.07, 6.45) is 73.6. The van der Waals surface area contributed by atoms with E-state index >= 15 is 0 Å². The summed E-state index contributed by atoms with van der Waals surface area (Å²) in [5.74, 6) is -0.962. The first-order valence-corrected chi connectivity index (χ1v) is 27.4. The molecule has 0 rings (SSSR count). The van der Waals surface area contributed by atoms with E-state index in [9.17, 15) is 14.4 Å². The van der Waals surface area contributed by atoms with Crippen LogP contribution in [0.15, 0.2) is 109 Å². The Balaban J connectivity index is 4.50. The average Bonchev–Trinajstić information content (AvgIpc) is 3.33. The van der Waals surface area contributed by atoms with Crippen molar-refractivity contribution in [1.82, 2.24) is 0 Å². The number of rotatable bonds is 48. The van der Waals surface area contributed by atoms with E-state index in [4.69, 9.17) is 14.2 Å². The van der Waals surface area contributed by atoms with E-state index in [0.29, 0.717) is 19.3 Å². The molecule has 0 aliphatic rings. The summed E-state index contributed by atoms with van der Waals surface area (Å²) in [4.78, 5) is 38.1. The van der Waals surface area contributed by atoms with Gasteiger partial charge < -0.3 is 14.2 Å². The predicted molar refractivity (Wildman–Crippen MR) is 288 cm³/mol. The van der Waals surface area contributed by atoms with Crippen LogP contribution in [0.25, 0.3) is 0 Å². The predicted octanol–water partition coefficient (Wildman–Crippen LogP) is 18.3. The van der Waals surface area contributed by atoms with Gasteiger partial charge in [0.25, 0.3) is 0 Å². The topological polar surface area (TPSA) is 78.9 Å². The molecule has 1 atom stereocenters. The Labute approximate surface area is 412 Å². The Kier molecular flexibility index (Phi) is 51.5. The molecule has 0 aromatic heterocycles. The minimum atomic E-state index is -0.806. The van der Waals surface area contributed by atoms with Crippen molar-refractivity contribution in [2.75, 3.05) is 13.2 Å². The normalized spacial score (nSPS) is 12.9. The second-order valence-corrected chi connectivity index (χ2v) is 17.7. The minimum absolute atomic E-state index is 0.102. The maximum absolute atomic E-state index is 12.8. The maximum Gasteiger partial charge on any atom is 0.306 e. The third kappa shape index (κ3) is 52.9. The lowest BCUT2D eigenvalue weighted by Crippen LogP contribution is -2.30. The van der Waals surface area contributed by atoms with E-state index in [0.717, 1.165) is 148 Å². The van der Waals surface area contributed by atoms with E-state index in [1.165, 1.54) is 51.4 Å². The van der Waals surface area contributed by atoms with Crippen molar-refractivity contribution in [3.8, 4) is 0 Å². The molecule has 0 aliphatic carbocycles. The third-order valence-corrected chi connectivity index (χ3v) is 11.2. The summed E-state index contributed by atoms with van der Waals surface area (Å²) in [6.45, 7) is 6.35. The molecule has 6 nitrogen and oxygen atoms in total. The van der Waals surface area contributed by atoms with E-state index in [1.54, 1.807) is 0 Å². The van der Waals surface area contributed by atoms with Gasteiger partial charge in [-0.05, 0) is 122 Å². The van der Waals surface area contributed by atoms with Crippen molar-refractivity contribution in [3.05, 3.63) is 109 Å². The van der Waals surface area contributed by atoms with Gasteiger partial charge >= 0.3 is 17.9 Å². The Morgan fingerprint density at radius 1 is 0.313 bits per heavy atom. The maximum atomic E-state index is 12.8. The number of esters is 3. The van der Waals surface area contributed by atoms with Crippen molar-refractivity contribution in [2.24, 2.45) is 0 Å². The van der Waals surface area contributed by atoms with Gasteiger partial charge in [0, 0.05) is 19.3 Å². The first-order valence-electron chi connectivity index (χ1n) is 27.4. The fourth-order valence-corrected chi connectivity index (χ4v) is 7.18. The monoisotopic (exact) mass is 929 g/mol. The number of carbonyl (C=O) groups excluding carboxylic acids is 3. The number of carbonyl (C=O) groups is 3. The summed E-state index contributed by atoms with van der Waals surface area (Å²) in [7, 11) is 0. The van der Waals surface area contributed by atoms with Crippen molar-refractivity contribution in [3.63, 3.8) is 0 Å². The molecule has 0 unspecified atom stereocenters. The Morgan fingerprint density at radius 3 is 0.940 bits per heavy atom. The highest BCUT2D eigenvalue weighted by Crippen LogP contribution is 2.13. The van der Waals surface area contributed by atoms with Crippen LogP contribution in [-0.2, 0) is 28.6 Å². The Hall–Kier alpha value is -3.93. The Morgan fingerprint density at radius 2 is 0.582 bits per heavy atom. The zero-order valence-electron chi connectivity index (χ0n) is 43.4. The first-order chi connectivity index (χ1) is 33.0. The molecule has 380 valence electrons. The van der Waals surface area contributed by atoms with Crippen LogP contribution in [-0.4, -0.2) is 37.2 Å². The zero-order chi connectivity index (χ0) is 48.6. The van der Waals surface area contributed by atoms with Gasteiger partial charge in [-0.2, -0.15) is 0 Å². The molecule has 0 amide bonds. The highest BCUT2D eigenvalue weighted by atomic mass is 16.6. The van der Waals surface area contributed by atoms with Crippen LogP contribution in [0.2, 0.25) is 0 Å². The number of hydrogen-bond donors (Lipinski definition) is 0. The summed E-state index contributed by atoms with van der Waals surface area (Å²) < 4.78 is 16.8. The van der Waals surface area contributed by atoms with Crippen molar-refractivity contribution in [2.45, 2.75) is 245 Å². The molecule has 0 aliphatic heterocycles. The smallest absolute Gasteiger partial charge is 0.306 e. The van der Waals surface area contributed by atoms with Gasteiger partial charge in [-0.1, -0.05) is 207 Å². The van der Waals surface area contributed by atoms with Crippen LogP contribution >= 0.6 is 0 Å². The Bertz CT molecular complexity index is 1390. The number of ether oxygens (including phenoxy) is 3. The molecule has 0 spiro atoms. The number of unbranched alkanes of at least 4 members (excludes halogenated alkanes) is 19.